The Labute approximate surface area is 117 Å². The molecule has 0 aliphatic carbocycles. The van der Waals surface area contributed by atoms with Crippen LogP contribution in [0.25, 0.3) is 10.8 Å². The van der Waals surface area contributed by atoms with Crippen LogP contribution in [-0.2, 0) is 13.5 Å². The molecule has 0 saturated heterocycles. The van der Waals surface area contributed by atoms with Gasteiger partial charge in [-0.25, -0.2) is 0 Å². The first kappa shape index (κ1) is 12.7. The molecule has 0 radical (unpaired) electrons. The lowest BCUT2D eigenvalue weighted by Crippen LogP contribution is -2.19. The quantitative estimate of drug-likeness (QED) is 0.784. The van der Waals surface area contributed by atoms with Gasteiger partial charge in [-0.15, -0.1) is 10.2 Å². The second-order valence-corrected chi connectivity index (χ2v) is 4.85. The zero-order valence-electron chi connectivity index (χ0n) is 11.6. The summed E-state index contributed by atoms with van der Waals surface area (Å²) in [5.74, 6) is 0.750. The van der Waals surface area contributed by atoms with Crippen molar-refractivity contribution >= 4 is 10.8 Å². The summed E-state index contributed by atoms with van der Waals surface area (Å²) in [5, 5.41) is 18.0. The number of tetrazole rings is 1. The highest BCUT2D eigenvalue weighted by Gasteiger charge is 2.13. The third-order valence-corrected chi connectivity index (χ3v) is 3.46. The summed E-state index contributed by atoms with van der Waals surface area (Å²) in [7, 11) is 3.73. The van der Waals surface area contributed by atoms with Crippen LogP contribution in [0.2, 0.25) is 0 Å². The first-order valence-electron chi connectivity index (χ1n) is 6.65. The molecule has 102 valence electrons. The van der Waals surface area contributed by atoms with Gasteiger partial charge in [-0.05, 0) is 34.7 Å². The van der Waals surface area contributed by atoms with Crippen LogP contribution < -0.4 is 5.32 Å². The number of aryl methyl sites for hydroxylation is 1. The average molecular weight is 267 g/mol. The monoisotopic (exact) mass is 267 g/mol. The second kappa shape index (κ2) is 5.38. The minimum atomic E-state index is 0.184. The van der Waals surface area contributed by atoms with Crippen LogP contribution in [0.1, 0.15) is 17.4 Å². The maximum Gasteiger partial charge on any atom is 0.176 e. The number of nitrogens with zero attached hydrogens (tertiary/aromatic N) is 4. The number of rotatable bonds is 4. The Hall–Kier alpha value is -2.27. The van der Waals surface area contributed by atoms with Gasteiger partial charge in [-0.2, -0.15) is 4.80 Å². The molecular formula is C15H17N5. The fourth-order valence-electron chi connectivity index (χ4n) is 2.40. The van der Waals surface area contributed by atoms with Gasteiger partial charge in [0.2, 0.25) is 0 Å². The summed E-state index contributed by atoms with van der Waals surface area (Å²) in [5.41, 5.74) is 1.23. The van der Waals surface area contributed by atoms with Crippen LogP contribution in [0, 0.1) is 0 Å². The lowest BCUT2D eigenvalue weighted by Gasteiger charge is -2.15. The van der Waals surface area contributed by atoms with Gasteiger partial charge in [0, 0.05) is 12.5 Å². The summed E-state index contributed by atoms with van der Waals surface area (Å²) in [6.45, 7) is 0. The largest absolute Gasteiger partial charge is 0.313 e. The average Bonchev–Trinajstić information content (AvgIpc) is 2.89. The van der Waals surface area contributed by atoms with Crippen LogP contribution in [0.3, 0.4) is 0 Å². The third-order valence-electron chi connectivity index (χ3n) is 3.46. The Balaban J connectivity index is 1.90. The summed E-state index contributed by atoms with van der Waals surface area (Å²) < 4.78 is 0. The molecule has 5 heteroatoms. The molecule has 3 rings (SSSR count). The van der Waals surface area contributed by atoms with Crippen LogP contribution in [-0.4, -0.2) is 27.3 Å². The molecule has 5 nitrogen and oxygen atoms in total. The SMILES string of the molecule is CNC(Cc1nnn(C)n1)c1ccc2ccccc2c1. The molecule has 1 N–H and O–H groups in total. The van der Waals surface area contributed by atoms with E-state index in [-0.39, 0.29) is 6.04 Å². The predicted octanol–water partition coefficient (Wildman–Crippen LogP) is 1.87. The van der Waals surface area contributed by atoms with Gasteiger partial charge in [0.25, 0.3) is 0 Å². The number of hydrogen-bond acceptors (Lipinski definition) is 4. The van der Waals surface area contributed by atoms with E-state index in [0.717, 1.165) is 12.2 Å². The maximum atomic E-state index is 4.24. The van der Waals surface area contributed by atoms with Crippen molar-refractivity contribution in [3.05, 3.63) is 53.9 Å². The van der Waals surface area contributed by atoms with Gasteiger partial charge >= 0.3 is 0 Å². The van der Waals surface area contributed by atoms with Crippen molar-refractivity contribution in [3.63, 3.8) is 0 Å². The van der Waals surface area contributed by atoms with Crippen LogP contribution in [0.15, 0.2) is 42.5 Å². The third kappa shape index (κ3) is 2.53. The molecule has 1 heterocycles. The van der Waals surface area contributed by atoms with Crippen LogP contribution in [0.4, 0.5) is 0 Å². The van der Waals surface area contributed by atoms with Gasteiger partial charge in [-0.3, -0.25) is 0 Å². The number of hydrogen-bond donors (Lipinski definition) is 1. The summed E-state index contributed by atoms with van der Waals surface area (Å²) in [6.07, 6.45) is 0.725. The summed E-state index contributed by atoms with van der Waals surface area (Å²) in [4.78, 5) is 1.49. The second-order valence-electron chi connectivity index (χ2n) is 4.85. The van der Waals surface area contributed by atoms with Crippen molar-refractivity contribution in [2.45, 2.75) is 12.5 Å². The number of benzene rings is 2. The minimum absolute atomic E-state index is 0.184. The highest BCUT2D eigenvalue weighted by atomic mass is 15.6. The standard InChI is InChI=1S/C15H17N5/c1-16-14(10-15-17-19-20(2)18-15)13-8-7-11-5-3-4-6-12(11)9-13/h3-9,14,16H,10H2,1-2H3. The number of fused-ring (bicyclic) bond motifs is 1. The van der Waals surface area contributed by atoms with E-state index < -0.39 is 0 Å². The van der Waals surface area contributed by atoms with Crippen molar-refractivity contribution < 1.29 is 0 Å². The predicted molar refractivity (Wildman–Crippen MR) is 78.3 cm³/mol. The molecule has 0 aliphatic heterocycles. The highest BCUT2D eigenvalue weighted by molar-refractivity contribution is 5.83. The molecule has 0 amide bonds. The van der Waals surface area contributed by atoms with E-state index in [0.29, 0.717) is 0 Å². The van der Waals surface area contributed by atoms with Gasteiger partial charge < -0.3 is 5.32 Å². The molecule has 0 fully saturated rings. The zero-order chi connectivity index (χ0) is 13.9. The van der Waals surface area contributed by atoms with Gasteiger partial charge in [0.1, 0.15) is 0 Å². The summed E-state index contributed by atoms with van der Waals surface area (Å²) in [6, 6.07) is 15.1. The van der Waals surface area contributed by atoms with Gasteiger partial charge in [-0.1, -0.05) is 36.4 Å². The normalized spacial score (nSPS) is 12.7. The van der Waals surface area contributed by atoms with Gasteiger partial charge in [0.05, 0.1) is 7.05 Å². The zero-order valence-corrected chi connectivity index (χ0v) is 11.6. The molecule has 20 heavy (non-hydrogen) atoms. The van der Waals surface area contributed by atoms with Crippen molar-refractivity contribution in [1.82, 2.24) is 25.5 Å². The van der Waals surface area contributed by atoms with E-state index in [1.807, 2.05) is 7.05 Å². The first-order valence-corrected chi connectivity index (χ1v) is 6.65. The molecule has 0 aliphatic rings. The van der Waals surface area contributed by atoms with Crippen molar-refractivity contribution in [2.75, 3.05) is 7.05 Å². The van der Waals surface area contributed by atoms with Gasteiger partial charge in [0.15, 0.2) is 5.82 Å². The molecule has 0 saturated carbocycles. The Morgan fingerprint density at radius 1 is 1.15 bits per heavy atom. The molecule has 1 atom stereocenters. The lowest BCUT2D eigenvalue weighted by molar-refractivity contribution is 0.571. The first-order chi connectivity index (χ1) is 9.76. The minimum Gasteiger partial charge on any atom is -0.313 e. The molecule has 0 bridgehead atoms. The Morgan fingerprint density at radius 3 is 2.65 bits per heavy atom. The fraction of sp³-hybridized carbons (Fsp3) is 0.267. The Morgan fingerprint density at radius 2 is 1.95 bits per heavy atom. The molecule has 1 unspecified atom stereocenters. The molecule has 2 aromatic carbocycles. The van der Waals surface area contributed by atoms with E-state index in [1.165, 1.54) is 21.1 Å². The van der Waals surface area contributed by atoms with E-state index in [2.05, 4.69) is 63.2 Å². The fourth-order valence-corrected chi connectivity index (χ4v) is 2.40. The molecular weight excluding hydrogens is 250 g/mol. The topological polar surface area (TPSA) is 55.6 Å². The number of likely N-dealkylation sites (N-methyl/N-ethyl adjacent to an activating group) is 1. The molecule has 3 aromatic rings. The summed E-state index contributed by atoms with van der Waals surface area (Å²) >= 11 is 0. The molecule has 1 aromatic heterocycles. The lowest BCUT2D eigenvalue weighted by atomic mass is 10.00. The number of aromatic nitrogens is 4. The Bertz CT molecular complexity index is 719. The van der Waals surface area contributed by atoms with Crippen LogP contribution >= 0.6 is 0 Å². The van der Waals surface area contributed by atoms with Crippen molar-refractivity contribution in [3.8, 4) is 0 Å². The van der Waals surface area contributed by atoms with Crippen molar-refractivity contribution in [1.29, 1.82) is 0 Å². The van der Waals surface area contributed by atoms with Crippen molar-refractivity contribution in [2.24, 2.45) is 7.05 Å². The van der Waals surface area contributed by atoms with Crippen LogP contribution in [0.5, 0.6) is 0 Å². The Kier molecular flexibility index (Phi) is 3.43. The van der Waals surface area contributed by atoms with E-state index in [4.69, 9.17) is 0 Å². The number of nitrogens with one attached hydrogen (secondary N) is 1. The maximum absolute atomic E-state index is 4.24. The van der Waals surface area contributed by atoms with E-state index >= 15 is 0 Å². The highest BCUT2D eigenvalue weighted by Crippen LogP contribution is 2.22. The molecule has 0 spiro atoms. The smallest absolute Gasteiger partial charge is 0.176 e. The van der Waals surface area contributed by atoms with E-state index in [1.54, 1.807) is 7.05 Å². The van der Waals surface area contributed by atoms with E-state index in [9.17, 15) is 0 Å².